The van der Waals surface area contributed by atoms with Crippen molar-refractivity contribution in [3.05, 3.63) is 93.7 Å². The lowest BCUT2D eigenvalue weighted by molar-refractivity contribution is -0.136. The number of fused-ring (bicyclic) bond motifs is 1. The SMILES string of the molecule is O=C(C[C@]1(O)C(=O)N(Cc2c(Cl)cccc2Cl)c2ccccc21)c1cccnc1. The predicted molar refractivity (Wildman–Crippen MR) is 111 cm³/mol. The number of Topliss-reactive ketones (excluding diaryl/α,β-unsaturated/α-hetero) is 1. The number of para-hydroxylation sites is 1. The second-order valence-corrected chi connectivity index (χ2v) is 7.62. The maximum absolute atomic E-state index is 13.3. The highest BCUT2D eigenvalue weighted by atomic mass is 35.5. The van der Waals surface area contributed by atoms with Gasteiger partial charge in [0.2, 0.25) is 0 Å². The molecule has 0 saturated carbocycles. The van der Waals surface area contributed by atoms with E-state index < -0.39 is 11.5 Å². The summed E-state index contributed by atoms with van der Waals surface area (Å²) in [5.41, 5.74) is -0.168. The van der Waals surface area contributed by atoms with Crippen LogP contribution >= 0.6 is 23.2 Å². The molecule has 0 radical (unpaired) electrons. The lowest BCUT2D eigenvalue weighted by Crippen LogP contribution is -2.41. The van der Waals surface area contributed by atoms with Crippen molar-refractivity contribution >= 4 is 40.6 Å². The molecule has 0 fully saturated rings. The smallest absolute Gasteiger partial charge is 0.264 e. The van der Waals surface area contributed by atoms with Crippen LogP contribution < -0.4 is 4.90 Å². The first-order chi connectivity index (χ1) is 13.9. The van der Waals surface area contributed by atoms with E-state index in [1.807, 2.05) is 0 Å². The minimum atomic E-state index is -1.97. The van der Waals surface area contributed by atoms with Gasteiger partial charge in [-0.05, 0) is 30.3 Å². The molecule has 0 unspecified atom stereocenters. The number of halogens is 2. The van der Waals surface area contributed by atoms with E-state index in [0.29, 0.717) is 32.4 Å². The van der Waals surface area contributed by atoms with Crippen LogP contribution in [0.25, 0.3) is 0 Å². The van der Waals surface area contributed by atoms with E-state index in [4.69, 9.17) is 23.2 Å². The van der Waals surface area contributed by atoms with Gasteiger partial charge in [0, 0.05) is 39.1 Å². The number of amides is 1. The second kappa shape index (κ2) is 7.59. The highest BCUT2D eigenvalue weighted by Crippen LogP contribution is 2.44. The van der Waals surface area contributed by atoms with Crippen molar-refractivity contribution in [2.24, 2.45) is 0 Å². The molecule has 2 aromatic carbocycles. The van der Waals surface area contributed by atoms with Crippen molar-refractivity contribution in [2.45, 2.75) is 18.6 Å². The number of aliphatic hydroxyl groups is 1. The van der Waals surface area contributed by atoms with Crippen LogP contribution in [0.2, 0.25) is 10.0 Å². The lowest BCUT2D eigenvalue weighted by Gasteiger charge is -2.23. The minimum Gasteiger partial charge on any atom is -0.375 e. The first kappa shape index (κ1) is 19.6. The third-order valence-electron chi connectivity index (χ3n) is 5.02. The Hall–Kier alpha value is -2.73. The number of carbonyl (C=O) groups is 2. The van der Waals surface area contributed by atoms with Crippen LogP contribution in [0, 0.1) is 0 Å². The van der Waals surface area contributed by atoms with E-state index in [-0.39, 0.29) is 18.7 Å². The maximum Gasteiger partial charge on any atom is 0.264 e. The van der Waals surface area contributed by atoms with Crippen LogP contribution in [0.3, 0.4) is 0 Å². The first-order valence-electron chi connectivity index (χ1n) is 8.92. The summed E-state index contributed by atoms with van der Waals surface area (Å²) < 4.78 is 0. The maximum atomic E-state index is 13.3. The summed E-state index contributed by atoms with van der Waals surface area (Å²) in [7, 11) is 0. The Morgan fingerprint density at radius 2 is 1.76 bits per heavy atom. The van der Waals surface area contributed by atoms with Crippen LogP contribution in [0.4, 0.5) is 5.69 Å². The molecule has 1 amide bonds. The van der Waals surface area contributed by atoms with Gasteiger partial charge in [0.25, 0.3) is 5.91 Å². The van der Waals surface area contributed by atoms with Crippen molar-refractivity contribution in [3.8, 4) is 0 Å². The molecule has 29 heavy (non-hydrogen) atoms. The lowest BCUT2D eigenvalue weighted by atomic mass is 9.88. The van der Waals surface area contributed by atoms with Crippen molar-refractivity contribution < 1.29 is 14.7 Å². The molecule has 7 heteroatoms. The Kier molecular flexibility index (Phi) is 5.13. The summed E-state index contributed by atoms with van der Waals surface area (Å²) in [5, 5.41) is 12.2. The second-order valence-electron chi connectivity index (χ2n) is 6.81. The standard InChI is InChI=1S/C22H16Cl2N2O3/c23-17-7-3-8-18(24)15(17)13-26-19-9-2-1-6-16(19)22(29,21(26)28)11-20(27)14-5-4-10-25-12-14/h1-10,12,29H,11,13H2/t22-/m1/s1. The Balaban J connectivity index is 1.72. The van der Waals surface area contributed by atoms with Gasteiger partial charge in [-0.2, -0.15) is 0 Å². The number of hydrogen-bond acceptors (Lipinski definition) is 4. The molecule has 5 nitrogen and oxygen atoms in total. The summed E-state index contributed by atoms with van der Waals surface area (Å²) in [6, 6.07) is 15.2. The fourth-order valence-corrected chi connectivity index (χ4v) is 4.06. The van der Waals surface area contributed by atoms with Crippen LogP contribution in [0.5, 0.6) is 0 Å². The molecule has 1 aliphatic rings. The minimum absolute atomic E-state index is 0.0811. The van der Waals surface area contributed by atoms with Gasteiger partial charge in [-0.15, -0.1) is 0 Å². The van der Waals surface area contributed by atoms with Gasteiger partial charge in [-0.25, -0.2) is 0 Å². The molecule has 1 atom stereocenters. The summed E-state index contributed by atoms with van der Waals surface area (Å²) >= 11 is 12.5. The van der Waals surface area contributed by atoms with E-state index in [1.54, 1.807) is 60.8 Å². The van der Waals surface area contributed by atoms with Crippen LogP contribution in [-0.2, 0) is 16.9 Å². The molecular formula is C22H16Cl2N2O3. The molecule has 1 aliphatic heterocycles. The largest absolute Gasteiger partial charge is 0.375 e. The molecule has 4 rings (SSSR count). The molecule has 2 heterocycles. The van der Waals surface area contributed by atoms with Crippen LogP contribution in [0.15, 0.2) is 67.0 Å². The fourth-order valence-electron chi connectivity index (χ4n) is 3.54. The van der Waals surface area contributed by atoms with Gasteiger partial charge in [-0.3, -0.25) is 14.6 Å². The highest BCUT2D eigenvalue weighted by molar-refractivity contribution is 6.36. The Morgan fingerprint density at radius 3 is 2.45 bits per heavy atom. The third kappa shape index (κ3) is 3.42. The monoisotopic (exact) mass is 426 g/mol. The summed E-state index contributed by atoms with van der Waals surface area (Å²) in [5.74, 6) is -0.965. The zero-order valence-corrected chi connectivity index (χ0v) is 16.7. The number of rotatable bonds is 5. The summed E-state index contributed by atoms with van der Waals surface area (Å²) in [6.45, 7) is 0.0811. The topological polar surface area (TPSA) is 70.5 Å². The van der Waals surface area contributed by atoms with Gasteiger partial charge in [0.15, 0.2) is 11.4 Å². The normalized spacial score (nSPS) is 18.0. The van der Waals surface area contributed by atoms with Gasteiger partial charge in [0.05, 0.1) is 18.7 Å². The van der Waals surface area contributed by atoms with E-state index in [0.717, 1.165) is 0 Å². The third-order valence-corrected chi connectivity index (χ3v) is 5.73. The van der Waals surface area contributed by atoms with Gasteiger partial charge < -0.3 is 10.0 Å². The highest BCUT2D eigenvalue weighted by Gasteiger charge is 2.50. The van der Waals surface area contributed by atoms with Gasteiger partial charge in [0.1, 0.15) is 0 Å². The van der Waals surface area contributed by atoms with E-state index in [1.165, 1.54) is 11.1 Å². The zero-order chi connectivity index (χ0) is 20.6. The first-order valence-corrected chi connectivity index (χ1v) is 9.67. The number of nitrogens with zero attached hydrogens (tertiary/aromatic N) is 2. The number of ketones is 1. The van der Waals surface area contributed by atoms with Gasteiger partial charge >= 0.3 is 0 Å². The molecule has 0 spiro atoms. The number of hydrogen-bond donors (Lipinski definition) is 1. The average molecular weight is 427 g/mol. The number of carbonyl (C=O) groups excluding carboxylic acids is 2. The molecule has 0 aliphatic carbocycles. The van der Waals surface area contributed by atoms with E-state index in [2.05, 4.69) is 4.98 Å². The number of pyridine rings is 1. The number of anilines is 1. The quantitative estimate of drug-likeness (QED) is 0.613. The van der Waals surface area contributed by atoms with Crippen molar-refractivity contribution in [3.63, 3.8) is 0 Å². The van der Waals surface area contributed by atoms with E-state index >= 15 is 0 Å². The van der Waals surface area contributed by atoms with Crippen molar-refractivity contribution in [1.29, 1.82) is 0 Å². The zero-order valence-electron chi connectivity index (χ0n) is 15.2. The Labute approximate surface area is 177 Å². The van der Waals surface area contributed by atoms with Gasteiger partial charge in [-0.1, -0.05) is 47.5 Å². The molecule has 0 saturated heterocycles. The molecule has 146 valence electrons. The van der Waals surface area contributed by atoms with E-state index in [9.17, 15) is 14.7 Å². The molecular weight excluding hydrogens is 411 g/mol. The predicted octanol–water partition coefficient (Wildman–Crippen LogP) is 4.40. The molecule has 1 aromatic heterocycles. The van der Waals surface area contributed by atoms with Crippen molar-refractivity contribution in [2.75, 3.05) is 4.90 Å². The number of benzene rings is 2. The summed E-state index contributed by atoms with van der Waals surface area (Å²) in [6.07, 6.45) is 2.58. The fraction of sp³-hybridized carbons (Fsp3) is 0.136. The van der Waals surface area contributed by atoms with Crippen LogP contribution in [-0.4, -0.2) is 21.8 Å². The van der Waals surface area contributed by atoms with Crippen molar-refractivity contribution in [1.82, 2.24) is 4.98 Å². The Bertz CT molecular complexity index is 1080. The molecule has 0 bridgehead atoms. The molecule has 3 aromatic rings. The average Bonchev–Trinajstić information content (AvgIpc) is 2.93. The number of aromatic nitrogens is 1. The Morgan fingerprint density at radius 1 is 1.03 bits per heavy atom. The van der Waals surface area contributed by atoms with Crippen LogP contribution in [0.1, 0.15) is 27.9 Å². The molecule has 1 N–H and O–H groups in total. The summed E-state index contributed by atoms with van der Waals surface area (Å²) in [4.78, 5) is 31.4.